The quantitative estimate of drug-likeness (QED) is 0.590. The minimum Gasteiger partial charge on any atom is -0.368 e. The molecule has 2 N–H and O–H groups in total. The van der Waals surface area contributed by atoms with Crippen molar-refractivity contribution in [1.29, 1.82) is 0 Å². The van der Waals surface area contributed by atoms with E-state index < -0.39 is 4.92 Å². The first kappa shape index (κ1) is 18.5. The average molecular weight is 372 g/mol. The highest BCUT2D eigenvalue weighted by Crippen LogP contribution is 2.33. The van der Waals surface area contributed by atoms with Gasteiger partial charge in [0.15, 0.2) is 0 Å². The molecule has 1 aromatic carbocycles. The van der Waals surface area contributed by atoms with Crippen molar-refractivity contribution < 1.29 is 14.5 Å². The van der Waals surface area contributed by atoms with Crippen molar-refractivity contribution in [3.05, 3.63) is 40.7 Å². The zero-order valence-corrected chi connectivity index (χ0v) is 14.8. The number of fused-ring (bicyclic) bond motifs is 1. The molecule has 2 amide bonds. The van der Waals surface area contributed by atoms with Crippen molar-refractivity contribution in [3.8, 4) is 0 Å². The Morgan fingerprint density at radius 3 is 2.56 bits per heavy atom. The molecule has 142 valence electrons. The number of benzene rings is 1. The van der Waals surface area contributed by atoms with Gasteiger partial charge in [-0.1, -0.05) is 0 Å². The third kappa shape index (κ3) is 4.29. The Morgan fingerprint density at radius 1 is 1.15 bits per heavy atom. The van der Waals surface area contributed by atoms with Crippen LogP contribution in [0, 0.1) is 10.1 Å². The maximum Gasteiger partial charge on any atom is 0.278 e. The van der Waals surface area contributed by atoms with Crippen LogP contribution in [0.3, 0.4) is 0 Å². The lowest BCUT2D eigenvalue weighted by atomic mass is 10.1. The Morgan fingerprint density at radius 2 is 1.89 bits per heavy atom. The molecule has 0 aliphatic carbocycles. The lowest BCUT2D eigenvalue weighted by Crippen LogP contribution is -2.51. The van der Waals surface area contributed by atoms with Crippen LogP contribution in [0.15, 0.2) is 30.6 Å². The first-order chi connectivity index (χ1) is 13.0. The van der Waals surface area contributed by atoms with E-state index in [-0.39, 0.29) is 24.0 Å². The van der Waals surface area contributed by atoms with E-state index in [1.165, 1.54) is 19.2 Å². The second-order valence-corrected chi connectivity index (χ2v) is 6.27. The molecule has 0 spiro atoms. The van der Waals surface area contributed by atoms with Gasteiger partial charge >= 0.3 is 0 Å². The molecule has 2 heterocycles. The van der Waals surface area contributed by atoms with E-state index in [1.807, 2.05) is 4.90 Å². The van der Waals surface area contributed by atoms with Gasteiger partial charge in [0.05, 0.1) is 16.9 Å². The Balaban J connectivity index is 1.68. The summed E-state index contributed by atoms with van der Waals surface area (Å²) >= 11 is 0. The summed E-state index contributed by atoms with van der Waals surface area (Å²) in [4.78, 5) is 41.6. The van der Waals surface area contributed by atoms with Crippen molar-refractivity contribution in [1.82, 2.24) is 20.7 Å². The molecule has 10 heteroatoms. The second-order valence-electron chi connectivity index (χ2n) is 6.27. The zero-order chi connectivity index (χ0) is 19.4. The third-order valence-corrected chi connectivity index (χ3v) is 4.43. The van der Waals surface area contributed by atoms with E-state index in [0.717, 1.165) is 11.1 Å². The minimum atomic E-state index is -0.403. The van der Waals surface area contributed by atoms with E-state index in [9.17, 15) is 19.7 Å². The van der Waals surface area contributed by atoms with Crippen molar-refractivity contribution in [2.45, 2.75) is 6.92 Å². The van der Waals surface area contributed by atoms with Crippen LogP contribution in [0.5, 0.6) is 0 Å². The largest absolute Gasteiger partial charge is 0.368 e. The number of piperazine rings is 1. The number of hydrazine groups is 1. The molecule has 0 atom stereocenters. The summed E-state index contributed by atoms with van der Waals surface area (Å²) in [5, 5.41) is 12.5. The van der Waals surface area contributed by atoms with Gasteiger partial charge in [-0.3, -0.25) is 40.4 Å². The van der Waals surface area contributed by atoms with Gasteiger partial charge in [0.25, 0.3) is 11.6 Å². The molecular weight excluding hydrogens is 352 g/mol. The molecule has 1 saturated heterocycles. The molecule has 0 unspecified atom stereocenters. The summed E-state index contributed by atoms with van der Waals surface area (Å²) in [5.74, 6) is -0.599. The standard InChI is InChI=1S/C17H20N6O4/c1-12(24)19-20-17(25)11-21-6-8-22(9-7-21)15-2-3-16(23(26)27)14-10-18-5-4-13(14)15/h2-5,10H,6-9,11H2,1H3,(H,19,24)(H,20,25). The summed E-state index contributed by atoms with van der Waals surface area (Å²) in [6, 6.07) is 5.05. The highest BCUT2D eigenvalue weighted by molar-refractivity contribution is 5.99. The molecule has 0 radical (unpaired) electrons. The summed E-state index contributed by atoms with van der Waals surface area (Å²) < 4.78 is 0. The fourth-order valence-electron chi connectivity index (χ4n) is 3.14. The molecule has 1 aromatic heterocycles. The monoisotopic (exact) mass is 372 g/mol. The Hall–Kier alpha value is -3.27. The molecule has 10 nitrogen and oxygen atoms in total. The van der Waals surface area contributed by atoms with Crippen LogP contribution in [0.4, 0.5) is 11.4 Å². The number of hydrogen-bond acceptors (Lipinski definition) is 7. The number of carbonyl (C=O) groups excluding carboxylic acids is 2. The molecule has 2 aromatic rings. The second kappa shape index (κ2) is 7.96. The molecule has 1 aliphatic rings. The summed E-state index contributed by atoms with van der Waals surface area (Å²) in [5.41, 5.74) is 5.57. The van der Waals surface area contributed by atoms with Crippen LogP contribution < -0.4 is 15.8 Å². The SMILES string of the molecule is CC(=O)NNC(=O)CN1CCN(c2ccc([N+](=O)[O-])c3cnccc23)CC1. The van der Waals surface area contributed by atoms with Crippen LogP contribution in [0.25, 0.3) is 10.8 Å². The molecule has 0 saturated carbocycles. The number of pyridine rings is 1. The topological polar surface area (TPSA) is 121 Å². The third-order valence-electron chi connectivity index (χ3n) is 4.43. The van der Waals surface area contributed by atoms with Crippen LogP contribution in [0.2, 0.25) is 0 Å². The van der Waals surface area contributed by atoms with Gasteiger partial charge in [-0.25, -0.2) is 0 Å². The number of nitro groups is 1. The van der Waals surface area contributed by atoms with Crippen LogP contribution in [-0.2, 0) is 9.59 Å². The lowest BCUT2D eigenvalue weighted by molar-refractivity contribution is -0.383. The summed E-state index contributed by atoms with van der Waals surface area (Å²) in [6.07, 6.45) is 3.14. The summed E-state index contributed by atoms with van der Waals surface area (Å²) in [7, 11) is 0. The number of nitro benzene ring substituents is 1. The highest BCUT2D eigenvalue weighted by Gasteiger charge is 2.22. The number of nitrogens with one attached hydrogen (secondary N) is 2. The first-order valence-corrected chi connectivity index (χ1v) is 8.49. The summed E-state index contributed by atoms with van der Waals surface area (Å²) in [6.45, 7) is 4.21. The van der Waals surface area contributed by atoms with E-state index in [0.29, 0.717) is 31.6 Å². The number of rotatable bonds is 4. The van der Waals surface area contributed by atoms with Crippen molar-refractivity contribution in [2.24, 2.45) is 0 Å². The van der Waals surface area contributed by atoms with Gasteiger partial charge in [-0.15, -0.1) is 0 Å². The number of non-ortho nitro benzene ring substituents is 1. The number of amides is 2. The van der Waals surface area contributed by atoms with Gasteiger partial charge in [-0.05, 0) is 12.1 Å². The molecule has 3 rings (SSSR count). The fourth-order valence-corrected chi connectivity index (χ4v) is 3.14. The van der Waals surface area contributed by atoms with Gasteiger partial charge < -0.3 is 4.90 Å². The normalized spacial score (nSPS) is 14.8. The Labute approximate surface area is 155 Å². The predicted molar refractivity (Wildman–Crippen MR) is 99.0 cm³/mol. The van der Waals surface area contributed by atoms with Gasteiger partial charge in [0.2, 0.25) is 5.91 Å². The van der Waals surface area contributed by atoms with E-state index in [2.05, 4.69) is 20.7 Å². The maximum atomic E-state index is 11.8. The lowest BCUT2D eigenvalue weighted by Gasteiger charge is -2.36. The molecule has 0 bridgehead atoms. The number of hydrogen-bond donors (Lipinski definition) is 2. The van der Waals surface area contributed by atoms with Crippen molar-refractivity contribution in [2.75, 3.05) is 37.6 Å². The van der Waals surface area contributed by atoms with Gasteiger partial charge in [0.1, 0.15) is 0 Å². The van der Waals surface area contributed by atoms with Gasteiger partial charge in [-0.2, -0.15) is 0 Å². The van der Waals surface area contributed by atoms with Gasteiger partial charge in [0, 0.05) is 62.6 Å². The van der Waals surface area contributed by atoms with E-state index >= 15 is 0 Å². The highest BCUT2D eigenvalue weighted by atomic mass is 16.6. The Kier molecular flexibility index (Phi) is 5.46. The number of aromatic nitrogens is 1. The number of anilines is 1. The van der Waals surface area contributed by atoms with Crippen molar-refractivity contribution >= 4 is 34.0 Å². The Bertz CT molecular complexity index is 879. The van der Waals surface area contributed by atoms with E-state index in [4.69, 9.17) is 0 Å². The molecule has 1 fully saturated rings. The number of carbonyl (C=O) groups is 2. The smallest absolute Gasteiger partial charge is 0.278 e. The fraction of sp³-hybridized carbons (Fsp3) is 0.353. The minimum absolute atomic E-state index is 0.0372. The predicted octanol–water partition coefficient (Wildman–Crippen LogP) is 0.432. The van der Waals surface area contributed by atoms with Crippen molar-refractivity contribution in [3.63, 3.8) is 0 Å². The molecule has 27 heavy (non-hydrogen) atoms. The average Bonchev–Trinajstić information content (AvgIpc) is 2.66. The molecular formula is C17H20N6O4. The first-order valence-electron chi connectivity index (χ1n) is 8.49. The zero-order valence-electron chi connectivity index (χ0n) is 14.8. The maximum absolute atomic E-state index is 11.8. The molecule has 1 aliphatic heterocycles. The number of nitrogens with zero attached hydrogens (tertiary/aromatic N) is 4. The van der Waals surface area contributed by atoms with Crippen LogP contribution in [-0.4, -0.2) is 59.3 Å². The van der Waals surface area contributed by atoms with E-state index in [1.54, 1.807) is 18.3 Å². The van der Waals surface area contributed by atoms with Crippen LogP contribution in [0.1, 0.15) is 6.92 Å². The van der Waals surface area contributed by atoms with Crippen LogP contribution >= 0.6 is 0 Å².